The molecule has 21 heavy (non-hydrogen) atoms. The van der Waals surface area contributed by atoms with E-state index in [-0.39, 0.29) is 12.5 Å². The molecule has 1 aliphatic rings. The zero-order chi connectivity index (χ0) is 14.8. The van der Waals surface area contributed by atoms with Crippen molar-refractivity contribution in [1.29, 1.82) is 0 Å². The van der Waals surface area contributed by atoms with Crippen LogP contribution in [0.1, 0.15) is 16.7 Å². The van der Waals surface area contributed by atoms with E-state index in [0.29, 0.717) is 11.5 Å². The summed E-state index contributed by atoms with van der Waals surface area (Å²) in [5.74, 6) is 1.60. The molecule has 0 aromatic heterocycles. The standard InChI is InChI=1S/C17H19NO3/c1-12-5-3-4-6-13(12)9-18(2)10-14-7-16-17(8-15(14)19)21-11-20-16/h3-8,19H,9-11H2,1-2H3/p+1. The molecule has 2 N–H and O–H groups in total. The van der Waals surface area contributed by atoms with Crippen LogP contribution in [-0.2, 0) is 13.1 Å². The lowest BCUT2D eigenvalue weighted by Crippen LogP contribution is -3.06. The molecular weight excluding hydrogens is 266 g/mol. The average molecular weight is 286 g/mol. The zero-order valence-electron chi connectivity index (χ0n) is 12.3. The molecule has 1 heterocycles. The monoisotopic (exact) mass is 286 g/mol. The van der Waals surface area contributed by atoms with Gasteiger partial charge >= 0.3 is 0 Å². The van der Waals surface area contributed by atoms with Crippen LogP contribution in [0.15, 0.2) is 36.4 Å². The van der Waals surface area contributed by atoms with E-state index in [9.17, 15) is 5.11 Å². The van der Waals surface area contributed by atoms with Crippen molar-refractivity contribution < 1.29 is 19.5 Å². The molecule has 0 saturated carbocycles. The van der Waals surface area contributed by atoms with Gasteiger partial charge in [-0.15, -0.1) is 0 Å². The molecule has 0 bridgehead atoms. The van der Waals surface area contributed by atoms with Crippen LogP contribution in [0.5, 0.6) is 17.2 Å². The number of benzene rings is 2. The van der Waals surface area contributed by atoms with Crippen molar-refractivity contribution in [2.24, 2.45) is 0 Å². The van der Waals surface area contributed by atoms with Crippen molar-refractivity contribution in [3.05, 3.63) is 53.1 Å². The molecule has 110 valence electrons. The number of quaternary nitrogens is 1. The van der Waals surface area contributed by atoms with E-state index < -0.39 is 0 Å². The van der Waals surface area contributed by atoms with E-state index in [0.717, 1.165) is 18.7 Å². The molecule has 0 spiro atoms. The Morgan fingerprint density at radius 1 is 1.05 bits per heavy atom. The second-order valence-electron chi connectivity index (χ2n) is 5.57. The van der Waals surface area contributed by atoms with Gasteiger partial charge in [-0.05, 0) is 18.6 Å². The van der Waals surface area contributed by atoms with Gasteiger partial charge in [0.25, 0.3) is 0 Å². The summed E-state index contributed by atoms with van der Waals surface area (Å²) in [5, 5.41) is 10.1. The number of phenolic OH excluding ortho intramolecular Hbond substituents is 1. The van der Waals surface area contributed by atoms with Gasteiger partial charge in [0.15, 0.2) is 11.5 Å². The molecular formula is C17H20NO3+. The minimum absolute atomic E-state index is 0.226. The number of ether oxygens (including phenoxy) is 2. The Balaban J connectivity index is 1.73. The number of phenols is 1. The molecule has 0 amide bonds. The smallest absolute Gasteiger partial charge is 0.231 e. The summed E-state index contributed by atoms with van der Waals surface area (Å²) >= 11 is 0. The maximum atomic E-state index is 10.1. The molecule has 0 radical (unpaired) electrons. The van der Waals surface area contributed by atoms with Gasteiger partial charge in [-0.3, -0.25) is 0 Å². The van der Waals surface area contributed by atoms with Gasteiger partial charge in [-0.1, -0.05) is 24.3 Å². The number of rotatable bonds is 4. The van der Waals surface area contributed by atoms with Crippen LogP contribution in [0.3, 0.4) is 0 Å². The van der Waals surface area contributed by atoms with E-state index >= 15 is 0 Å². The highest BCUT2D eigenvalue weighted by Gasteiger charge is 2.19. The van der Waals surface area contributed by atoms with Gasteiger partial charge < -0.3 is 19.5 Å². The molecule has 0 saturated heterocycles. The Hall–Kier alpha value is -2.20. The fourth-order valence-electron chi connectivity index (χ4n) is 2.64. The quantitative estimate of drug-likeness (QED) is 0.898. The third-order valence-electron chi connectivity index (χ3n) is 3.82. The molecule has 2 aromatic rings. The van der Waals surface area contributed by atoms with Crippen LogP contribution in [0.25, 0.3) is 0 Å². The molecule has 0 aliphatic carbocycles. The summed E-state index contributed by atoms with van der Waals surface area (Å²) in [6, 6.07) is 11.9. The Labute approximate surface area is 124 Å². The Morgan fingerprint density at radius 3 is 2.48 bits per heavy atom. The molecule has 0 fully saturated rings. The van der Waals surface area contributed by atoms with E-state index in [2.05, 4.69) is 38.2 Å². The second-order valence-corrected chi connectivity index (χ2v) is 5.57. The number of nitrogens with one attached hydrogen (secondary N) is 1. The third kappa shape index (κ3) is 2.95. The van der Waals surface area contributed by atoms with Crippen LogP contribution in [-0.4, -0.2) is 18.9 Å². The number of aryl methyl sites for hydroxylation is 1. The van der Waals surface area contributed by atoms with Crippen LogP contribution >= 0.6 is 0 Å². The number of aromatic hydroxyl groups is 1. The summed E-state index contributed by atoms with van der Waals surface area (Å²) in [5.41, 5.74) is 3.51. The highest BCUT2D eigenvalue weighted by atomic mass is 16.7. The summed E-state index contributed by atoms with van der Waals surface area (Å²) in [6.07, 6.45) is 0. The minimum atomic E-state index is 0.226. The van der Waals surface area contributed by atoms with Gasteiger partial charge in [0.05, 0.1) is 12.6 Å². The number of fused-ring (bicyclic) bond motifs is 1. The van der Waals surface area contributed by atoms with Crippen molar-refractivity contribution in [2.45, 2.75) is 20.0 Å². The summed E-state index contributed by atoms with van der Waals surface area (Å²) in [4.78, 5) is 1.30. The van der Waals surface area contributed by atoms with Crippen LogP contribution in [0, 0.1) is 6.92 Å². The molecule has 1 atom stereocenters. The average Bonchev–Trinajstić information content (AvgIpc) is 2.89. The van der Waals surface area contributed by atoms with E-state index in [1.54, 1.807) is 6.07 Å². The second kappa shape index (κ2) is 5.66. The van der Waals surface area contributed by atoms with Gasteiger partial charge in [-0.25, -0.2) is 0 Å². The van der Waals surface area contributed by atoms with Crippen molar-refractivity contribution >= 4 is 0 Å². The SMILES string of the molecule is Cc1ccccc1C[NH+](C)Cc1cc2c(cc1O)OCO2. The zero-order valence-corrected chi connectivity index (χ0v) is 12.3. The molecule has 1 aliphatic heterocycles. The van der Waals surface area contributed by atoms with E-state index in [1.807, 2.05) is 6.07 Å². The number of hydrogen-bond acceptors (Lipinski definition) is 3. The van der Waals surface area contributed by atoms with Crippen LogP contribution in [0.2, 0.25) is 0 Å². The first-order chi connectivity index (χ1) is 10.1. The van der Waals surface area contributed by atoms with Crippen LogP contribution in [0.4, 0.5) is 0 Å². The van der Waals surface area contributed by atoms with Crippen molar-refractivity contribution in [1.82, 2.24) is 0 Å². The van der Waals surface area contributed by atoms with Crippen molar-refractivity contribution in [3.63, 3.8) is 0 Å². The van der Waals surface area contributed by atoms with E-state index in [4.69, 9.17) is 9.47 Å². The summed E-state index contributed by atoms with van der Waals surface area (Å²) < 4.78 is 10.6. The Kier molecular flexibility index (Phi) is 3.71. The van der Waals surface area contributed by atoms with Gasteiger partial charge in [0, 0.05) is 11.6 Å². The highest BCUT2D eigenvalue weighted by molar-refractivity contribution is 5.50. The van der Waals surface area contributed by atoms with Crippen molar-refractivity contribution in [3.8, 4) is 17.2 Å². The molecule has 3 rings (SSSR count). The molecule has 4 nitrogen and oxygen atoms in total. The molecule has 4 heteroatoms. The molecule has 1 unspecified atom stereocenters. The van der Waals surface area contributed by atoms with Gasteiger partial charge in [0.2, 0.25) is 6.79 Å². The predicted molar refractivity (Wildman–Crippen MR) is 79.7 cm³/mol. The first kappa shape index (κ1) is 13.8. The highest BCUT2D eigenvalue weighted by Crippen LogP contribution is 2.37. The normalized spacial score (nSPS) is 14.2. The minimum Gasteiger partial charge on any atom is -0.507 e. The largest absolute Gasteiger partial charge is 0.507 e. The fraction of sp³-hybridized carbons (Fsp3) is 0.294. The fourth-order valence-corrected chi connectivity index (χ4v) is 2.64. The topological polar surface area (TPSA) is 43.1 Å². The Morgan fingerprint density at radius 2 is 1.71 bits per heavy atom. The molecule has 2 aromatic carbocycles. The summed E-state index contributed by atoms with van der Waals surface area (Å²) in [6.45, 7) is 4.00. The maximum Gasteiger partial charge on any atom is 0.231 e. The Bertz CT molecular complexity index is 654. The summed E-state index contributed by atoms with van der Waals surface area (Å²) in [7, 11) is 2.12. The van der Waals surface area contributed by atoms with Crippen molar-refractivity contribution in [2.75, 3.05) is 13.8 Å². The first-order valence-electron chi connectivity index (χ1n) is 7.11. The lowest BCUT2D eigenvalue weighted by Gasteiger charge is -2.16. The maximum absolute atomic E-state index is 10.1. The lowest BCUT2D eigenvalue weighted by molar-refractivity contribution is -0.907. The predicted octanol–water partition coefficient (Wildman–Crippen LogP) is 1.64. The van der Waals surface area contributed by atoms with Gasteiger partial charge in [-0.2, -0.15) is 0 Å². The third-order valence-corrected chi connectivity index (χ3v) is 3.82. The first-order valence-corrected chi connectivity index (χ1v) is 7.11. The van der Waals surface area contributed by atoms with Crippen LogP contribution < -0.4 is 14.4 Å². The van der Waals surface area contributed by atoms with E-state index in [1.165, 1.54) is 16.0 Å². The lowest BCUT2D eigenvalue weighted by atomic mass is 10.1. The number of hydrogen-bond donors (Lipinski definition) is 2. The van der Waals surface area contributed by atoms with Gasteiger partial charge in [0.1, 0.15) is 18.8 Å².